The first-order chi connectivity index (χ1) is 18.2. The fraction of sp³-hybridized carbons (Fsp3) is 0.321. The van der Waals surface area contributed by atoms with Crippen molar-refractivity contribution < 1.29 is 23.7 Å². The summed E-state index contributed by atoms with van der Waals surface area (Å²) in [6.07, 6.45) is 1.77. The Labute approximate surface area is 233 Å². The molecule has 0 saturated heterocycles. The number of thiazole rings is 1. The lowest BCUT2D eigenvalue weighted by molar-refractivity contribution is -0.139. The highest BCUT2D eigenvalue weighted by atomic mass is 79.9. The van der Waals surface area contributed by atoms with Gasteiger partial charge in [0.05, 0.1) is 48.8 Å². The molecule has 38 heavy (non-hydrogen) atoms. The summed E-state index contributed by atoms with van der Waals surface area (Å²) < 4.78 is 24.9. The molecule has 0 amide bonds. The van der Waals surface area contributed by atoms with Gasteiger partial charge in [-0.1, -0.05) is 45.5 Å². The Morgan fingerprint density at radius 2 is 1.84 bits per heavy atom. The van der Waals surface area contributed by atoms with Crippen molar-refractivity contribution in [2.24, 2.45) is 4.99 Å². The van der Waals surface area contributed by atoms with Crippen LogP contribution < -0.4 is 29.1 Å². The van der Waals surface area contributed by atoms with Crippen LogP contribution in [0.25, 0.3) is 6.08 Å². The van der Waals surface area contributed by atoms with E-state index in [4.69, 9.17) is 18.9 Å². The first kappa shape index (κ1) is 27.7. The molecule has 0 unspecified atom stereocenters. The number of hydrogen-bond acceptors (Lipinski definition) is 8. The lowest BCUT2D eigenvalue weighted by Crippen LogP contribution is -2.40. The number of hydrogen-bond donors (Lipinski definition) is 0. The first-order valence-electron chi connectivity index (χ1n) is 12.1. The van der Waals surface area contributed by atoms with Crippen LogP contribution >= 0.6 is 27.3 Å². The van der Waals surface area contributed by atoms with Gasteiger partial charge in [-0.3, -0.25) is 9.36 Å². The summed E-state index contributed by atoms with van der Waals surface area (Å²) in [6, 6.07) is 10.3. The van der Waals surface area contributed by atoms with Gasteiger partial charge < -0.3 is 18.9 Å². The number of carbonyl (C=O) groups is 1. The Bertz CT molecular complexity index is 1590. The fourth-order valence-electron chi connectivity index (χ4n) is 4.27. The number of fused-ring (bicyclic) bond motifs is 1. The van der Waals surface area contributed by atoms with Crippen LogP contribution in [-0.4, -0.2) is 37.5 Å². The van der Waals surface area contributed by atoms with E-state index in [-0.39, 0.29) is 23.8 Å². The molecule has 10 heteroatoms. The average molecular weight is 602 g/mol. The van der Waals surface area contributed by atoms with Crippen LogP contribution in [-0.2, 0) is 9.53 Å². The lowest BCUT2D eigenvalue weighted by atomic mass is 9.95. The summed E-state index contributed by atoms with van der Waals surface area (Å²) in [5.41, 5.74) is 1.88. The number of para-hydroxylation sites is 1. The second-order valence-electron chi connectivity index (χ2n) is 8.74. The maximum Gasteiger partial charge on any atom is 0.338 e. The summed E-state index contributed by atoms with van der Waals surface area (Å²) in [5, 5.41) is 0. The Morgan fingerprint density at radius 3 is 2.50 bits per heavy atom. The number of ether oxygens (including phenoxy) is 4. The second-order valence-corrected chi connectivity index (χ2v) is 10.6. The highest BCUT2D eigenvalue weighted by molar-refractivity contribution is 9.10. The number of methoxy groups -OCH3 is 2. The number of allylic oxidation sites excluding steroid dienone is 1. The van der Waals surface area contributed by atoms with Gasteiger partial charge in [-0.15, -0.1) is 0 Å². The van der Waals surface area contributed by atoms with E-state index in [1.54, 1.807) is 39.2 Å². The van der Waals surface area contributed by atoms with Crippen LogP contribution in [0, 0.1) is 0 Å². The van der Waals surface area contributed by atoms with Crippen molar-refractivity contribution in [2.75, 3.05) is 20.8 Å². The third-order valence-electron chi connectivity index (χ3n) is 5.88. The number of nitrogens with zero attached hydrogens (tertiary/aromatic N) is 2. The molecular formula is C28H29BrN2O6S. The van der Waals surface area contributed by atoms with Gasteiger partial charge >= 0.3 is 5.97 Å². The Balaban J connectivity index is 2.00. The highest BCUT2D eigenvalue weighted by Gasteiger charge is 2.35. The summed E-state index contributed by atoms with van der Waals surface area (Å²) in [7, 11) is 3.08. The number of carbonyl (C=O) groups excluding carboxylic acids is 1. The van der Waals surface area contributed by atoms with Gasteiger partial charge in [0.1, 0.15) is 5.75 Å². The minimum Gasteiger partial charge on any atom is -0.493 e. The number of halogens is 1. The summed E-state index contributed by atoms with van der Waals surface area (Å²) in [4.78, 5) is 32.3. The van der Waals surface area contributed by atoms with E-state index in [0.29, 0.717) is 42.3 Å². The van der Waals surface area contributed by atoms with Gasteiger partial charge in [0.25, 0.3) is 5.56 Å². The molecule has 8 nitrogen and oxygen atoms in total. The van der Waals surface area contributed by atoms with Gasteiger partial charge in [-0.05, 0) is 57.5 Å². The maximum absolute atomic E-state index is 14.0. The van der Waals surface area contributed by atoms with Crippen LogP contribution in [0.4, 0.5) is 0 Å². The van der Waals surface area contributed by atoms with E-state index in [2.05, 4.69) is 20.9 Å². The SMILES string of the molecule is CCOC(=O)C1=C(C)N=c2s/c(=C\c3ccccc3OC(C)C)c(=O)n2[C@H]1c1cc(OC)c(OC)cc1Br. The van der Waals surface area contributed by atoms with Crippen molar-refractivity contribution in [3.63, 3.8) is 0 Å². The van der Waals surface area contributed by atoms with Crippen LogP contribution in [0.1, 0.15) is 44.9 Å². The molecule has 1 atom stereocenters. The third-order valence-corrected chi connectivity index (χ3v) is 7.55. The first-order valence-corrected chi connectivity index (χ1v) is 13.7. The number of rotatable bonds is 8. The highest BCUT2D eigenvalue weighted by Crippen LogP contribution is 2.40. The smallest absolute Gasteiger partial charge is 0.338 e. The Morgan fingerprint density at radius 1 is 1.16 bits per heavy atom. The van der Waals surface area contributed by atoms with E-state index in [9.17, 15) is 9.59 Å². The van der Waals surface area contributed by atoms with Crippen LogP contribution in [0.5, 0.6) is 17.2 Å². The molecule has 2 aromatic carbocycles. The normalized spacial score (nSPS) is 15.3. The molecule has 1 aliphatic heterocycles. The molecule has 3 aromatic rings. The maximum atomic E-state index is 14.0. The van der Waals surface area contributed by atoms with E-state index in [0.717, 1.165) is 5.56 Å². The van der Waals surface area contributed by atoms with Crippen LogP contribution in [0.15, 0.2) is 61.9 Å². The summed E-state index contributed by atoms with van der Waals surface area (Å²) >= 11 is 4.87. The minimum atomic E-state index is -0.802. The standard InChI is InChI=1S/C28H29BrN2O6S/c1-7-36-27(33)24-16(4)30-28-31(25(24)18-13-21(34-5)22(35-6)14-19(18)29)26(32)23(38-28)12-17-10-8-9-11-20(17)37-15(2)3/h8-15,25H,7H2,1-6H3/b23-12-/t25-/m0/s1. The van der Waals surface area contributed by atoms with Gasteiger partial charge in [0.2, 0.25) is 0 Å². The number of aromatic nitrogens is 1. The minimum absolute atomic E-state index is 0.0250. The molecule has 0 radical (unpaired) electrons. The zero-order valence-electron chi connectivity index (χ0n) is 22.0. The molecular weight excluding hydrogens is 572 g/mol. The van der Waals surface area contributed by atoms with Crippen molar-refractivity contribution in [3.8, 4) is 17.2 Å². The number of benzene rings is 2. The van der Waals surface area contributed by atoms with Gasteiger partial charge in [-0.25, -0.2) is 9.79 Å². The molecule has 200 valence electrons. The zero-order valence-corrected chi connectivity index (χ0v) is 24.4. The summed E-state index contributed by atoms with van der Waals surface area (Å²) in [5.74, 6) is 1.11. The van der Waals surface area contributed by atoms with Crippen molar-refractivity contribution >= 4 is 39.3 Å². The third kappa shape index (κ3) is 5.28. The quantitative estimate of drug-likeness (QED) is 0.357. The molecule has 1 aliphatic rings. The van der Waals surface area contributed by atoms with Gasteiger partial charge in [-0.2, -0.15) is 0 Å². The van der Waals surface area contributed by atoms with Crippen molar-refractivity contribution in [3.05, 3.63) is 83.0 Å². The molecule has 4 rings (SSSR count). The molecule has 1 aromatic heterocycles. The van der Waals surface area contributed by atoms with Crippen LogP contribution in [0.2, 0.25) is 0 Å². The summed E-state index contributed by atoms with van der Waals surface area (Å²) in [6.45, 7) is 7.57. The van der Waals surface area contributed by atoms with E-state index in [1.807, 2.05) is 38.1 Å². The van der Waals surface area contributed by atoms with E-state index >= 15 is 0 Å². The van der Waals surface area contributed by atoms with E-state index < -0.39 is 12.0 Å². The van der Waals surface area contributed by atoms with Crippen LogP contribution in [0.3, 0.4) is 0 Å². The monoisotopic (exact) mass is 600 g/mol. The molecule has 0 aliphatic carbocycles. The molecule has 0 spiro atoms. The van der Waals surface area contributed by atoms with Crippen molar-refractivity contribution in [1.82, 2.24) is 4.57 Å². The Kier molecular flexibility index (Phi) is 8.42. The van der Waals surface area contributed by atoms with Crippen molar-refractivity contribution in [1.29, 1.82) is 0 Å². The predicted molar refractivity (Wildman–Crippen MR) is 150 cm³/mol. The molecule has 0 fully saturated rings. The largest absolute Gasteiger partial charge is 0.493 e. The average Bonchev–Trinajstić information content (AvgIpc) is 3.18. The van der Waals surface area contributed by atoms with Gasteiger partial charge in [0, 0.05) is 10.0 Å². The van der Waals surface area contributed by atoms with Gasteiger partial charge in [0.15, 0.2) is 16.3 Å². The molecule has 0 N–H and O–H groups in total. The topological polar surface area (TPSA) is 88.4 Å². The molecule has 0 bridgehead atoms. The van der Waals surface area contributed by atoms with Crippen molar-refractivity contribution in [2.45, 2.75) is 39.8 Å². The molecule has 0 saturated carbocycles. The number of esters is 1. The zero-order chi connectivity index (χ0) is 27.6. The predicted octanol–water partition coefficient (Wildman–Crippen LogP) is 4.37. The lowest BCUT2D eigenvalue weighted by Gasteiger charge is -2.26. The second kappa shape index (κ2) is 11.6. The molecule has 2 heterocycles. The Hall–Kier alpha value is -3.37. The van der Waals surface area contributed by atoms with E-state index in [1.165, 1.54) is 23.0 Å². The fourth-order valence-corrected chi connectivity index (χ4v) is 5.84.